The van der Waals surface area contributed by atoms with E-state index in [1.165, 1.54) is 0 Å². The molecule has 0 aromatic heterocycles. The van der Waals surface area contributed by atoms with Crippen molar-refractivity contribution in [3.05, 3.63) is 0 Å². The Morgan fingerprint density at radius 3 is 1.18 bits per heavy atom. The molecule has 0 bridgehead atoms. The number of carbonyl (C=O) groups is 2. The third-order valence-electron chi connectivity index (χ3n) is 0.805. The number of aliphatic hydroxyl groups is 2. The van der Waals surface area contributed by atoms with Crippen molar-refractivity contribution in [3.63, 3.8) is 0 Å². The van der Waals surface area contributed by atoms with Gasteiger partial charge in [-0.2, -0.15) is 0 Å². The van der Waals surface area contributed by atoms with Gasteiger partial charge in [0.25, 0.3) is 0 Å². The molecule has 0 aliphatic rings. The topological polar surface area (TPSA) is 115 Å². The molecule has 4 N–H and O–H groups in total. The van der Waals surface area contributed by atoms with Crippen molar-refractivity contribution in [1.82, 2.24) is 0 Å². The fraction of sp³-hybridized carbons (Fsp3) is 0.500. The zero-order chi connectivity index (χ0) is 8.31. The first-order valence-electron chi connectivity index (χ1n) is 2.28. The van der Waals surface area contributed by atoms with Gasteiger partial charge in [0, 0.05) is 0 Å². The third kappa shape index (κ3) is 4.17. The molecule has 0 amide bonds. The third-order valence-corrected chi connectivity index (χ3v) is 0.805. The maximum absolute atomic E-state index is 9.77. The Morgan fingerprint density at radius 1 is 0.909 bits per heavy atom. The van der Waals surface area contributed by atoms with Gasteiger partial charge in [0.05, 0.1) is 0 Å². The number of carboxylic acid groups (broad SMARTS) is 2. The summed E-state index contributed by atoms with van der Waals surface area (Å²) in [4.78, 5) is 19.5. The average molecular weight is 271 g/mol. The summed E-state index contributed by atoms with van der Waals surface area (Å²) in [6.07, 6.45) is -4.53. The van der Waals surface area contributed by atoms with Gasteiger partial charge in [-0.3, -0.25) is 0 Å². The molecule has 6 nitrogen and oxygen atoms in total. The molecule has 11 heavy (non-hydrogen) atoms. The van der Waals surface area contributed by atoms with Gasteiger partial charge in [-0.15, -0.1) is 0 Å². The fourth-order valence-electron chi connectivity index (χ4n) is 0.270. The number of aliphatic carboxylic acids is 2. The summed E-state index contributed by atoms with van der Waals surface area (Å²) < 4.78 is 0. The second-order valence-electron chi connectivity index (χ2n) is 1.57. The number of hydrogen-bond donors (Lipinski definition) is 4. The van der Waals surface area contributed by atoms with Crippen LogP contribution < -0.4 is 0 Å². The van der Waals surface area contributed by atoms with Crippen LogP contribution in [-0.4, -0.2) is 68.5 Å². The second kappa shape index (κ2) is 5.33. The molecular weight excluding hydrogens is 263 g/mol. The molecule has 64 valence electrons. The molecule has 2 unspecified atom stereocenters. The maximum atomic E-state index is 9.77. The molecule has 0 aliphatic carbocycles. The van der Waals surface area contributed by atoms with Crippen LogP contribution in [0.4, 0.5) is 0 Å². The minimum absolute atomic E-state index is 0. The second-order valence-corrected chi connectivity index (χ2v) is 1.57. The van der Waals surface area contributed by atoms with Crippen LogP contribution in [0.3, 0.4) is 0 Å². The standard InChI is InChI=1S/C4H6O6.Sn.2H/c5-1(3(7)8)2(6)4(9)10;;;/h1-2,5-6H,(H,7,8)(H,9,10);;;. The van der Waals surface area contributed by atoms with E-state index in [2.05, 4.69) is 0 Å². The molecule has 0 saturated carbocycles. The first-order chi connectivity index (χ1) is 4.46. The van der Waals surface area contributed by atoms with Crippen molar-refractivity contribution >= 4 is 35.8 Å². The monoisotopic (exact) mass is 272 g/mol. The van der Waals surface area contributed by atoms with Gasteiger partial charge in [-0.1, -0.05) is 0 Å². The van der Waals surface area contributed by atoms with E-state index in [-0.39, 0.29) is 23.9 Å². The molecule has 0 spiro atoms. The van der Waals surface area contributed by atoms with Gasteiger partial charge in [0.15, 0.2) is 12.2 Å². The molecular formula is C4H8O6Sn. The molecule has 0 aromatic rings. The summed E-state index contributed by atoms with van der Waals surface area (Å²) in [5.41, 5.74) is 0. The van der Waals surface area contributed by atoms with Crippen LogP contribution in [0.25, 0.3) is 0 Å². The summed E-state index contributed by atoms with van der Waals surface area (Å²) in [6, 6.07) is 0. The Morgan fingerprint density at radius 2 is 1.09 bits per heavy atom. The molecule has 0 aromatic carbocycles. The Hall–Kier alpha value is -0.341. The number of rotatable bonds is 3. The van der Waals surface area contributed by atoms with E-state index < -0.39 is 24.1 Å². The summed E-state index contributed by atoms with van der Waals surface area (Å²) in [5, 5.41) is 32.5. The zero-order valence-electron chi connectivity index (χ0n) is 5.47. The Bertz CT molecular complexity index is 139. The van der Waals surface area contributed by atoms with Gasteiger partial charge >= 0.3 is 35.8 Å². The van der Waals surface area contributed by atoms with E-state index in [9.17, 15) is 9.59 Å². The normalized spacial score (nSPS) is 14.4. The van der Waals surface area contributed by atoms with Gasteiger partial charge in [-0.05, 0) is 0 Å². The number of carboxylic acids is 2. The van der Waals surface area contributed by atoms with Crippen LogP contribution in [0.15, 0.2) is 0 Å². The molecule has 0 heterocycles. The fourth-order valence-corrected chi connectivity index (χ4v) is 0.270. The van der Waals surface area contributed by atoms with E-state index in [0.29, 0.717) is 0 Å². The zero-order valence-corrected chi connectivity index (χ0v) is 9.50. The van der Waals surface area contributed by atoms with Crippen molar-refractivity contribution in [3.8, 4) is 0 Å². The van der Waals surface area contributed by atoms with Crippen LogP contribution in [0.1, 0.15) is 0 Å². The van der Waals surface area contributed by atoms with E-state index in [1.54, 1.807) is 0 Å². The van der Waals surface area contributed by atoms with Gasteiger partial charge in [0.1, 0.15) is 0 Å². The summed E-state index contributed by atoms with van der Waals surface area (Å²) in [6.45, 7) is 0. The predicted octanol–water partition coefficient (Wildman–Crippen LogP) is -3.04. The van der Waals surface area contributed by atoms with Crippen molar-refractivity contribution < 1.29 is 30.0 Å². The van der Waals surface area contributed by atoms with Crippen LogP contribution in [-0.2, 0) is 9.59 Å². The molecule has 0 fully saturated rings. The first-order valence-corrected chi connectivity index (χ1v) is 2.28. The van der Waals surface area contributed by atoms with E-state index in [0.717, 1.165) is 0 Å². The molecule has 2 radical (unpaired) electrons. The molecule has 2 atom stereocenters. The Balaban J connectivity index is 0. The van der Waals surface area contributed by atoms with Crippen LogP contribution >= 0.6 is 0 Å². The summed E-state index contributed by atoms with van der Waals surface area (Å²) in [7, 11) is 0. The van der Waals surface area contributed by atoms with Crippen LogP contribution in [0, 0.1) is 0 Å². The average Bonchev–Trinajstić information content (AvgIpc) is 1.84. The van der Waals surface area contributed by atoms with Crippen molar-refractivity contribution in [2.24, 2.45) is 0 Å². The van der Waals surface area contributed by atoms with Gasteiger partial charge in [-0.25, -0.2) is 9.59 Å². The Kier molecular flexibility index (Phi) is 6.42. The van der Waals surface area contributed by atoms with Crippen LogP contribution in [0.5, 0.6) is 0 Å². The quantitative estimate of drug-likeness (QED) is 0.406. The van der Waals surface area contributed by atoms with Gasteiger partial charge in [0.2, 0.25) is 0 Å². The van der Waals surface area contributed by atoms with E-state index >= 15 is 0 Å². The molecule has 0 rings (SSSR count). The van der Waals surface area contributed by atoms with Crippen molar-refractivity contribution in [1.29, 1.82) is 0 Å². The van der Waals surface area contributed by atoms with E-state index in [1.807, 2.05) is 0 Å². The van der Waals surface area contributed by atoms with Crippen LogP contribution in [0.2, 0.25) is 0 Å². The van der Waals surface area contributed by atoms with Crippen molar-refractivity contribution in [2.75, 3.05) is 0 Å². The minimum atomic E-state index is -2.27. The number of hydrogen-bond acceptors (Lipinski definition) is 4. The van der Waals surface area contributed by atoms with Crippen molar-refractivity contribution in [2.45, 2.75) is 12.2 Å². The first kappa shape index (κ1) is 13.3. The van der Waals surface area contributed by atoms with E-state index in [4.69, 9.17) is 20.4 Å². The van der Waals surface area contributed by atoms with Gasteiger partial charge < -0.3 is 20.4 Å². The molecule has 0 aliphatic heterocycles. The predicted molar refractivity (Wildman–Crippen MR) is 35.8 cm³/mol. The summed E-state index contributed by atoms with van der Waals surface area (Å²) >= 11 is 0. The Labute approximate surface area is 78.4 Å². The summed E-state index contributed by atoms with van der Waals surface area (Å²) in [5.74, 6) is -3.54. The molecule has 7 heteroatoms. The SMILES string of the molecule is O=C(O)C(O)C(O)C(=O)O.[SnH2]. The molecule has 0 saturated heterocycles. The number of aliphatic hydroxyl groups excluding tert-OH is 2.